The molecule has 0 saturated carbocycles. The van der Waals surface area contributed by atoms with Crippen molar-refractivity contribution in [2.24, 2.45) is 5.73 Å². The van der Waals surface area contributed by atoms with Crippen molar-refractivity contribution in [1.29, 1.82) is 0 Å². The van der Waals surface area contributed by atoms with E-state index in [1.807, 2.05) is 12.1 Å². The van der Waals surface area contributed by atoms with Crippen molar-refractivity contribution < 1.29 is 0 Å². The number of unbranched alkanes of at least 4 members (excludes halogenated alkanes) is 1. The summed E-state index contributed by atoms with van der Waals surface area (Å²) in [6.45, 7) is 4.35. The number of hydrogen-bond acceptors (Lipinski definition) is 2. The highest BCUT2D eigenvalue weighted by Crippen LogP contribution is 2.24. The molecule has 17 heavy (non-hydrogen) atoms. The first-order chi connectivity index (χ1) is 8.04. The van der Waals surface area contributed by atoms with Gasteiger partial charge in [-0.3, -0.25) is 0 Å². The second kappa shape index (κ2) is 6.82. The van der Waals surface area contributed by atoms with Gasteiger partial charge >= 0.3 is 0 Å². The average molecular weight is 271 g/mol. The molecule has 0 bridgehead atoms. The highest BCUT2D eigenvalue weighted by Gasteiger charge is 2.06. The van der Waals surface area contributed by atoms with Gasteiger partial charge in [0, 0.05) is 11.6 Å². The third kappa shape index (κ3) is 4.52. The van der Waals surface area contributed by atoms with Crippen LogP contribution in [0.15, 0.2) is 18.2 Å². The number of thiocarbonyl (C=S) groups is 1. The SMILES string of the molecule is CCCCC(C)Nc1ccc(C(N)=S)cc1Cl. The van der Waals surface area contributed by atoms with Crippen LogP contribution in [0.1, 0.15) is 38.7 Å². The van der Waals surface area contributed by atoms with E-state index in [1.54, 1.807) is 6.07 Å². The van der Waals surface area contributed by atoms with Crippen molar-refractivity contribution in [3.05, 3.63) is 28.8 Å². The van der Waals surface area contributed by atoms with E-state index in [2.05, 4.69) is 19.2 Å². The predicted octanol–water partition coefficient (Wildman–Crippen LogP) is 3.96. The first kappa shape index (κ1) is 14.3. The highest BCUT2D eigenvalue weighted by molar-refractivity contribution is 7.80. The maximum Gasteiger partial charge on any atom is 0.104 e. The number of anilines is 1. The van der Waals surface area contributed by atoms with E-state index in [0.717, 1.165) is 17.7 Å². The number of hydrogen-bond donors (Lipinski definition) is 2. The van der Waals surface area contributed by atoms with Crippen molar-refractivity contribution in [1.82, 2.24) is 0 Å². The Labute approximate surface area is 114 Å². The summed E-state index contributed by atoms with van der Waals surface area (Å²) >= 11 is 11.1. The van der Waals surface area contributed by atoms with Crippen LogP contribution in [-0.2, 0) is 0 Å². The third-order valence-electron chi connectivity index (χ3n) is 2.65. The molecule has 0 amide bonds. The van der Waals surface area contributed by atoms with Crippen LogP contribution in [0.5, 0.6) is 0 Å². The normalized spacial score (nSPS) is 12.2. The zero-order valence-corrected chi connectivity index (χ0v) is 11.9. The lowest BCUT2D eigenvalue weighted by Crippen LogP contribution is -2.15. The highest BCUT2D eigenvalue weighted by atomic mass is 35.5. The lowest BCUT2D eigenvalue weighted by Gasteiger charge is -2.16. The Morgan fingerprint density at radius 2 is 2.24 bits per heavy atom. The molecule has 2 nitrogen and oxygen atoms in total. The van der Waals surface area contributed by atoms with Crippen LogP contribution in [0, 0.1) is 0 Å². The van der Waals surface area contributed by atoms with Crippen LogP contribution in [0.2, 0.25) is 5.02 Å². The van der Waals surface area contributed by atoms with Crippen LogP contribution in [0.3, 0.4) is 0 Å². The molecule has 0 aliphatic carbocycles. The van der Waals surface area contributed by atoms with E-state index in [4.69, 9.17) is 29.6 Å². The largest absolute Gasteiger partial charge is 0.389 e. The van der Waals surface area contributed by atoms with E-state index in [-0.39, 0.29) is 0 Å². The number of benzene rings is 1. The molecule has 0 aliphatic rings. The number of halogens is 1. The Kier molecular flexibility index (Phi) is 5.72. The van der Waals surface area contributed by atoms with Gasteiger partial charge in [-0.1, -0.05) is 43.6 Å². The van der Waals surface area contributed by atoms with Gasteiger partial charge in [-0.25, -0.2) is 0 Å². The zero-order chi connectivity index (χ0) is 12.8. The monoisotopic (exact) mass is 270 g/mol. The summed E-state index contributed by atoms with van der Waals surface area (Å²) in [5, 5.41) is 4.06. The number of rotatable bonds is 6. The molecular weight excluding hydrogens is 252 g/mol. The van der Waals surface area contributed by atoms with E-state index >= 15 is 0 Å². The average Bonchev–Trinajstić information content (AvgIpc) is 2.28. The van der Waals surface area contributed by atoms with Crippen LogP contribution < -0.4 is 11.1 Å². The molecule has 1 aromatic rings. The minimum Gasteiger partial charge on any atom is -0.389 e. The Morgan fingerprint density at radius 3 is 2.76 bits per heavy atom. The zero-order valence-electron chi connectivity index (χ0n) is 10.3. The van der Waals surface area contributed by atoms with E-state index in [0.29, 0.717) is 16.1 Å². The quantitative estimate of drug-likeness (QED) is 0.769. The Balaban J connectivity index is 2.69. The molecule has 1 unspecified atom stereocenters. The smallest absolute Gasteiger partial charge is 0.104 e. The summed E-state index contributed by atoms with van der Waals surface area (Å²) in [5.74, 6) is 0. The summed E-state index contributed by atoms with van der Waals surface area (Å²) < 4.78 is 0. The fourth-order valence-corrected chi connectivity index (χ4v) is 2.00. The van der Waals surface area contributed by atoms with Gasteiger partial charge in [-0.15, -0.1) is 0 Å². The second-order valence-corrected chi connectivity index (χ2v) is 5.09. The number of nitrogens with one attached hydrogen (secondary N) is 1. The molecule has 0 aliphatic heterocycles. The molecule has 1 aromatic carbocycles. The van der Waals surface area contributed by atoms with E-state index < -0.39 is 0 Å². The van der Waals surface area contributed by atoms with Crippen LogP contribution in [0.25, 0.3) is 0 Å². The van der Waals surface area contributed by atoms with Gasteiger partial charge in [0.2, 0.25) is 0 Å². The van der Waals surface area contributed by atoms with E-state index in [1.165, 1.54) is 12.8 Å². The van der Waals surface area contributed by atoms with Crippen molar-refractivity contribution in [2.45, 2.75) is 39.2 Å². The fourth-order valence-electron chi connectivity index (χ4n) is 1.63. The predicted molar refractivity (Wildman–Crippen MR) is 79.9 cm³/mol. The first-order valence-corrected chi connectivity index (χ1v) is 6.69. The summed E-state index contributed by atoms with van der Waals surface area (Å²) in [6, 6.07) is 6.05. The molecule has 0 radical (unpaired) electrons. The molecule has 3 N–H and O–H groups in total. The van der Waals surface area contributed by atoms with Gasteiger partial charge in [-0.2, -0.15) is 0 Å². The lowest BCUT2D eigenvalue weighted by molar-refractivity contribution is 0.645. The Morgan fingerprint density at radius 1 is 1.53 bits per heavy atom. The standard InChI is InChI=1S/C13H19ClN2S/c1-3-4-5-9(2)16-12-7-6-10(13(15)17)8-11(12)14/h6-9,16H,3-5H2,1-2H3,(H2,15,17). The van der Waals surface area contributed by atoms with Gasteiger partial charge in [0.05, 0.1) is 10.7 Å². The van der Waals surface area contributed by atoms with E-state index in [9.17, 15) is 0 Å². The molecule has 1 atom stereocenters. The van der Waals surface area contributed by atoms with Gasteiger partial charge in [0.1, 0.15) is 4.99 Å². The van der Waals surface area contributed by atoms with Crippen molar-refractivity contribution in [2.75, 3.05) is 5.32 Å². The Bertz CT molecular complexity index is 393. The van der Waals surface area contributed by atoms with Crippen LogP contribution in [0.4, 0.5) is 5.69 Å². The second-order valence-electron chi connectivity index (χ2n) is 4.25. The third-order valence-corrected chi connectivity index (χ3v) is 3.19. The minimum atomic E-state index is 0.373. The minimum absolute atomic E-state index is 0.373. The van der Waals surface area contributed by atoms with Crippen molar-refractivity contribution >= 4 is 34.5 Å². The van der Waals surface area contributed by atoms with Crippen molar-refractivity contribution in [3.63, 3.8) is 0 Å². The summed E-state index contributed by atoms with van der Waals surface area (Å²) in [7, 11) is 0. The van der Waals surface area contributed by atoms with Gasteiger partial charge in [0.25, 0.3) is 0 Å². The van der Waals surface area contributed by atoms with Crippen molar-refractivity contribution in [3.8, 4) is 0 Å². The maximum absolute atomic E-state index is 6.17. The molecule has 0 heterocycles. The van der Waals surface area contributed by atoms with Gasteiger partial charge in [-0.05, 0) is 31.5 Å². The molecule has 0 spiro atoms. The van der Waals surface area contributed by atoms with Crippen LogP contribution >= 0.6 is 23.8 Å². The first-order valence-electron chi connectivity index (χ1n) is 5.90. The van der Waals surface area contributed by atoms with Gasteiger partial charge < -0.3 is 11.1 Å². The molecule has 4 heteroatoms. The molecule has 0 saturated heterocycles. The molecule has 0 fully saturated rings. The summed E-state index contributed by atoms with van der Waals surface area (Å²) in [6.07, 6.45) is 3.57. The summed E-state index contributed by atoms with van der Waals surface area (Å²) in [5.41, 5.74) is 7.29. The fraction of sp³-hybridized carbons (Fsp3) is 0.462. The molecule has 1 rings (SSSR count). The van der Waals surface area contributed by atoms with Gasteiger partial charge in [0.15, 0.2) is 0 Å². The Hall–Kier alpha value is -0.800. The molecule has 0 aromatic heterocycles. The van der Waals surface area contributed by atoms with Crippen LogP contribution in [-0.4, -0.2) is 11.0 Å². The topological polar surface area (TPSA) is 38.0 Å². The maximum atomic E-state index is 6.17. The molecule has 94 valence electrons. The lowest BCUT2D eigenvalue weighted by atomic mass is 10.1. The molecular formula is C13H19ClN2S. The number of nitrogens with two attached hydrogens (primary N) is 1. The summed E-state index contributed by atoms with van der Waals surface area (Å²) in [4.78, 5) is 0.373.